The van der Waals surface area contributed by atoms with Gasteiger partial charge in [0.1, 0.15) is 0 Å². The molecule has 0 aromatic carbocycles. The van der Waals surface area contributed by atoms with Crippen LogP contribution in [-0.4, -0.2) is 23.8 Å². The van der Waals surface area contributed by atoms with E-state index in [2.05, 4.69) is 0 Å². The summed E-state index contributed by atoms with van der Waals surface area (Å²) in [4.78, 5) is 11.2. The third-order valence-corrected chi connectivity index (χ3v) is 2.39. The van der Waals surface area contributed by atoms with Crippen LogP contribution < -0.4 is 0 Å². The van der Waals surface area contributed by atoms with E-state index in [0.717, 1.165) is 0 Å². The highest BCUT2D eigenvalue weighted by atomic mass is 16.5. The summed E-state index contributed by atoms with van der Waals surface area (Å²) >= 11 is 0. The molecule has 90 valence electrons. The predicted octanol–water partition coefficient (Wildman–Crippen LogP) is 2.23. The Labute approximate surface area is 92.8 Å². The van der Waals surface area contributed by atoms with Crippen LogP contribution in [0.25, 0.3) is 0 Å². The maximum atomic E-state index is 11.2. The molecule has 0 aromatic heterocycles. The van der Waals surface area contributed by atoms with Crippen molar-refractivity contribution in [2.45, 2.75) is 47.6 Å². The number of hydrogen-bond donors (Lipinski definition) is 1. The molecular weight excluding hydrogens is 192 g/mol. The van der Waals surface area contributed by atoms with Gasteiger partial charge in [0.15, 0.2) is 0 Å². The molecule has 0 aliphatic heterocycles. The van der Waals surface area contributed by atoms with Crippen molar-refractivity contribution in [3.63, 3.8) is 0 Å². The van der Waals surface area contributed by atoms with Crippen molar-refractivity contribution < 1.29 is 14.6 Å². The van der Waals surface area contributed by atoms with Crippen LogP contribution in [0.5, 0.6) is 0 Å². The molecule has 2 atom stereocenters. The Morgan fingerprint density at radius 1 is 1.27 bits per heavy atom. The highest BCUT2D eigenvalue weighted by Crippen LogP contribution is 2.25. The molecule has 0 radical (unpaired) electrons. The van der Waals surface area contributed by atoms with E-state index in [9.17, 15) is 9.90 Å². The third kappa shape index (κ3) is 5.17. The SMILES string of the molecule is CC(C)C(=O)OCC(C)C(O)C(C)(C)C. The van der Waals surface area contributed by atoms with Crippen LogP contribution in [0, 0.1) is 17.3 Å². The summed E-state index contributed by atoms with van der Waals surface area (Å²) in [6.45, 7) is 11.7. The van der Waals surface area contributed by atoms with Gasteiger partial charge in [-0.15, -0.1) is 0 Å². The van der Waals surface area contributed by atoms with Gasteiger partial charge in [0.25, 0.3) is 0 Å². The van der Waals surface area contributed by atoms with E-state index >= 15 is 0 Å². The molecule has 3 heteroatoms. The maximum absolute atomic E-state index is 11.2. The van der Waals surface area contributed by atoms with Gasteiger partial charge in [0, 0.05) is 5.92 Å². The van der Waals surface area contributed by atoms with Gasteiger partial charge in [0.2, 0.25) is 0 Å². The van der Waals surface area contributed by atoms with E-state index in [4.69, 9.17) is 4.74 Å². The fourth-order valence-electron chi connectivity index (χ4n) is 1.32. The molecule has 0 aromatic rings. The van der Waals surface area contributed by atoms with Crippen molar-refractivity contribution in [3.8, 4) is 0 Å². The van der Waals surface area contributed by atoms with Crippen molar-refractivity contribution in [2.24, 2.45) is 17.3 Å². The van der Waals surface area contributed by atoms with Crippen LogP contribution in [0.4, 0.5) is 0 Å². The quantitative estimate of drug-likeness (QED) is 0.733. The molecule has 2 unspecified atom stereocenters. The lowest BCUT2D eigenvalue weighted by Crippen LogP contribution is -2.35. The predicted molar refractivity (Wildman–Crippen MR) is 60.4 cm³/mol. The zero-order valence-corrected chi connectivity index (χ0v) is 10.7. The number of hydrogen-bond acceptors (Lipinski definition) is 3. The molecule has 0 bridgehead atoms. The average molecular weight is 216 g/mol. The first-order valence-corrected chi connectivity index (χ1v) is 5.51. The standard InChI is InChI=1S/C12H24O3/c1-8(2)11(14)15-7-9(3)10(13)12(4,5)6/h8-10,13H,7H2,1-6H3. The second-order valence-electron chi connectivity index (χ2n) is 5.57. The minimum atomic E-state index is -0.461. The van der Waals surface area contributed by atoms with E-state index in [1.54, 1.807) is 13.8 Å². The van der Waals surface area contributed by atoms with Crippen molar-refractivity contribution in [1.82, 2.24) is 0 Å². The molecule has 0 heterocycles. The zero-order chi connectivity index (χ0) is 12.2. The summed E-state index contributed by atoms with van der Waals surface area (Å²) in [6.07, 6.45) is -0.461. The molecule has 0 fully saturated rings. The molecule has 0 amide bonds. The zero-order valence-electron chi connectivity index (χ0n) is 10.7. The number of carbonyl (C=O) groups is 1. The number of ether oxygens (including phenoxy) is 1. The fraction of sp³-hybridized carbons (Fsp3) is 0.917. The van der Waals surface area contributed by atoms with Crippen molar-refractivity contribution in [1.29, 1.82) is 0 Å². The smallest absolute Gasteiger partial charge is 0.308 e. The molecular formula is C12H24O3. The summed E-state index contributed by atoms with van der Waals surface area (Å²) in [5.74, 6) is -0.348. The van der Waals surface area contributed by atoms with Gasteiger partial charge < -0.3 is 9.84 Å². The van der Waals surface area contributed by atoms with Crippen LogP contribution in [0.3, 0.4) is 0 Å². The van der Waals surface area contributed by atoms with Crippen LogP contribution in [0.1, 0.15) is 41.5 Å². The highest BCUT2D eigenvalue weighted by molar-refractivity contribution is 5.71. The average Bonchev–Trinajstić information content (AvgIpc) is 2.10. The second-order valence-corrected chi connectivity index (χ2v) is 5.57. The van der Waals surface area contributed by atoms with Gasteiger partial charge in [-0.1, -0.05) is 41.5 Å². The molecule has 0 saturated heterocycles. The molecule has 0 aliphatic carbocycles. The van der Waals surface area contributed by atoms with Crippen molar-refractivity contribution >= 4 is 5.97 Å². The van der Waals surface area contributed by atoms with Crippen LogP contribution in [-0.2, 0) is 9.53 Å². The Morgan fingerprint density at radius 3 is 2.07 bits per heavy atom. The molecule has 3 nitrogen and oxygen atoms in total. The molecule has 1 N–H and O–H groups in total. The fourth-order valence-corrected chi connectivity index (χ4v) is 1.32. The van der Waals surface area contributed by atoms with Gasteiger partial charge in [0.05, 0.1) is 18.6 Å². The molecule has 15 heavy (non-hydrogen) atoms. The summed E-state index contributed by atoms with van der Waals surface area (Å²) < 4.78 is 5.08. The van der Waals surface area contributed by atoms with Crippen LogP contribution >= 0.6 is 0 Å². The van der Waals surface area contributed by atoms with Crippen LogP contribution in [0.2, 0.25) is 0 Å². The summed E-state index contributed by atoms with van der Waals surface area (Å²) in [6, 6.07) is 0. The first-order valence-electron chi connectivity index (χ1n) is 5.51. The molecule has 0 spiro atoms. The van der Waals surface area contributed by atoms with Crippen molar-refractivity contribution in [3.05, 3.63) is 0 Å². The lowest BCUT2D eigenvalue weighted by atomic mass is 9.82. The van der Waals surface area contributed by atoms with Gasteiger partial charge in [-0.2, -0.15) is 0 Å². The first kappa shape index (κ1) is 14.4. The van der Waals surface area contributed by atoms with E-state index in [-0.39, 0.29) is 29.8 Å². The Bertz CT molecular complexity index is 203. The van der Waals surface area contributed by atoms with E-state index < -0.39 is 6.10 Å². The normalized spacial score (nSPS) is 16.3. The monoisotopic (exact) mass is 216 g/mol. The van der Waals surface area contributed by atoms with Gasteiger partial charge in [-0.25, -0.2) is 0 Å². The van der Waals surface area contributed by atoms with Gasteiger partial charge in [-0.05, 0) is 5.41 Å². The van der Waals surface area contributed by atoms with E-state index in [0.29, 0.717) is 0 Å². The summed E-state index contributed by atoms with van der Waals surface area (Å²) in [7, 11) is 0. The second kappa shape index (κ2) is 5.50. The minimum absolute atomic E-state index is 0.0345. The van der Waals surface area contributed by atoms with E-state index in [1.165, 1.54) is 0 Å². The molecule has 0 aliphatic rings. The number of aliphatic hydroxyl groups excluding tert-OH is 1. The topological polar surface area (TPSA) is 46.5 Å². The number of esters is 1. The number of carbonyl (C=O) groups excluding carboxylic acids is 1. The van der Waals surface area contributed by atoms with E-state index in [1.807, 2.05) is 27.7 Å². The Hall–Kier alpha value is -0.570. The minimum Gasteiger partial charge on any atom is -0.465 e. The first-order chi connectivity index (χ1) is 6.66. The highest BCUT2D eigenvalue weighted by Gasteiger charge is 2.28. The maximum Gasteiger partial charge on any atom is 0.308 e. The Kier molecular flexibility index (Phi) is 5.29. The third-order valence-electron chi connectivity index (χ3n) is 2.39. The Morgan fingerprint density at radius 2 is 1.73 bits per heavy atom. The lowest BCUT2D eigenvalue weighted by Gasteiger charge is -2.30. The Balaban J connectivity index is 4.05. The van der Waals surface area contributed by atoms with Gasteiger partial charge >= 0.3 is 5.97 Å². The van der Waals surface area contributed by atoms with Gasteiger partial charge in [-0.3, -0.25) is 4.79 Å². The van der Waals surface area contributed by atoms with Crippen molar-refractivity contribution in [2.75, 3.05) is 6.61 Å². The number of aliphatic hydroxyl groups is 1. The summed E-state index contributed by atoms with van der Waals surface area (Å²) in [5.41, 5.74) is -0.177. The number of rotatable bonds is 4. The van der Waals surface area contributed by atoms with Crippen LogP contribution in [0.15, 0.2) is 0 Å². The molecule has 0 rings (SSSR count). The lowest BCUT2D eigenvalue weighted by molar-refractivity contribution is -0.150. The largest absolute Gasteiger partial charge is 0.465 e. The molecule has 0 saturated carbocycles. The summed E-state index contributed by atoms with van der Waals surface area (Å²) in [5, 5.41) is 9.91.